The van der Waals surface area contributed by atoms with Gasteiger partial charge in [0, 0.05) is 0 Å². The van der Waals surface area contributed by atoms with Crippen LogP contribution in [0.15, 0.2) is 23.8 Å². The molecule has 0 aliphatic heterocycles. The monoisotopic (exact) mass is 132 g/mol. The Kier molecular flexibility index (Phi) is 0.803. The highest BCUT2D eigenvalue weighted by Crippen LogP contribution is 2.50. The van der Waals surface area contributed by atoms with Crippen molar-refractivity contribution in [2.24, 2.45) is 17.8 Å². The quantitative estimate of drug-likeness (QED) is 0.481. The molecule has 0 spiro atoms. The molecule has 0 nitrogen and oxygen atoms in total. The second kappa shape index (κ2) is 1.55. The van der Waals surface area contributed by atoms with Crippen molar-refractivity contribution in [1.82, 2.24) is 0 Å². The molecule has 1 fully saturated rings. The van der Waals surface area contributed by atoms with E-state index in [4.69, 9.17) is 0 Å². The summed E-state index contributed by atoms with van der Waals surface area (Å²) in [4.78, 5) is 0. The Morgan fingerprint density at radius 1 is 1.20 bits per heavy atom. The van der Waals surface area contributed by atoms with E-state index in [-0.39, 0.29) is 0 Å². The summed E-state index contributed by atoms with van der Waals surface area (Å²) < 4.78 is 0. The molecule has 0 aromatic carbocycles. The van der Waals surface area contributed by atoms with Gasteiger partial charge >= 0.3 is 0 Å². The SMILES string of the molecule is C1=CC2CC1CC2C1=CC1. The van der Waals surface area contributed by atoms with Crippen molar-refractivity contribution in [1.29, 1.82) is 0 Å². The highest BCUT2D eigenvalue weighted by molar-refractivity contribution is 5.30. The van der Waals surface area contributed by atoms with Crippen molar-refractivity contribution in [2.75, 3.05) is 0 Å². The number of allylic oxidation sites excluding steroid dienone is 4. The fourth-order valence-corrected chi connectivity index (χ4v) is 2.57. The van der Waals surface area contributed by atoms with Gasteiger partial charge in [0.2, 0.25) is 0 Å². The van der Waals surface area contributed by atoms with E-state index in [1.165, 1.54) is 19.3 Å². The molecule has 0 heteroatoms. The lowest BCUT2D eigenvalue weighted by Crippen LogP contribution is -2.04. The molecule has 0 N–H and O–H groups in total. The van der Waals surface area contributed by atoms with Crippen LogP contribution < -0.4 is 0 Å². The summed E-state index contributed by atoms with van der Waals surface area (Å²) >= 11 is 0. The summed E-state index contributed by atoms with van der Waals surface area (Å²) in [5.41, 5.74) is 1.76. The third-order valence-corrected chi connectivity index (χ3v) is 3.19. The molecule has 2 bridgehead atoms. The fourth-order valence-electron chi connectivity index (χ4n) is 2.57. The summed E-state index contributed by atoms with van der Waals surface area (Å²) in [6.07, 6.45) is 11.5. The first-order valence-corrected chi connectivity index (χ1v) is 4.31. The van der Waals surface area contributed by atoms with Crippen LogP contribution in [0.4, 0.5) is 0 Å². The Morgan fingerprint density at radius 3 is 2.60 bits per heavy atom. The Morgan fingerprint density at radius 2 is 2.10 bits per heavy atom. The van der Waals surface area contributed by atoms with E-state index in [0.717, 1.165) is 17.8 Å². The molecule has 0 saturated heterocycles. The minimum absolute atomic E-state index is 0.943. The molecule has 1 saturated carbocycles. The third-order valence-electron chi connectivity index (χ3n) is 3.19. The van der Waals surface area contributed by atoms with E-state index in [1.54, 1.807) is 5.57 Å². The Labute approximate surface area is 61.6 Å². The molecule has 3 atom stereocenters. The number of hydrogen-bond donors (Lipinski definition) is 0. The van der Waals surface area contributed by atoms with Crippen LogP contribution in [0.25, 0.3) is 0 Å². The summed E-state index contributed by atoms with van der Waals surface area (Å²) in [5.74, 6) is 2.88. The van der Waals surface area contributed by atoms with Crippen LogP contribution in [0.3, 0.4) is 0 Å². The lowest BCUT2D eigenvalue weighted by Gasteiger charge is -2.13. The predicted octanol–water partition coefficient (Wildman–Crippen LogP) is 2.53. The standard InChI is InChI=1S/C10H12/c1-2-9-5-7(1)6-10(9)8-3-4-8/h1-3,7,9-10H,4-6H2. The molecular formula is C10H12. The van der Waals surface area contributed by atoms with Crippen LogP contribution >= 0.6 is 0 Å². The summed E-state index contributed by atoms with van der Waals surface area (Å²) in [7, 11) is 0. The molecule has 52 valence electrons. The van der Waals surface area contributed by atoms with E-state index >= 15 is 0 Å². The molecule has 3 unspecified atom stereocenters. The second-order valence-corrected chi connectivity index (χ2v) is 3.87. The molecule has 3 aliphatic rings. The molecule has 0 aromatic rings. The average Bonchev–Trinajstić information content (AvgIpc) is 2.60. The minimum Gasteiger partial charge on any atom is -0.0851 e. The number of fused-ring (bicyclic) bond motifs is 2. The van der Waals surface area contributed by atoms with E-state index < -0.39 is 0 Å². The highest BCUT2D eigenvalue weighted by atomic mass is 14.4. The van der Waals surface area contributed by atoms with Gasteiger partial charge in [0.05, 0.1) is 0 Å². The topological polar surface area (TPSA) is 0 Å². The van der Waals surface area contributed by atoms with E-state index in [9.17, 15) is 0 Å². The van der Waals surface area contributed by atoms with Crippen molar-refractivity contribution in [3.63, 3.8) is 0 Å². The average molecular weight is 132 g/mol. The maximum atomic E-state index is 2.44. The number of hydrogen-bond acceptors (Lipinski definition) is 0. The molecule has 3 rings (SSSR count). The van der Waals surface area contributed by atoms with Gasteiger partial charge in [-0.15, -0.1) is 0 Å². The summed E-state index contributed by atoms with van der Waals surface area (Å²) in [6.45, 7) is 0. The Balaban J connectivity index is 1.90. The Hall–Kier alpha value is -0.520. The predicted molar refractivity (Wildman–Crippen MR) is 41.5 cm³/mol. The van der Waals surface area contributed by atoms with E-state index in [2.05, 4.69) is 18.2 Å². The van der Waals surface area contributed by atoms with Crippen molar-refractivity contribution in [3.05, 3.63) is 23.8 Å². The first kappa shape index (κ1) is 5.17. The van der Waals surface area contributed by atoms with Gasteiger partial charge < -0.3 is 0 Å². The van der Waals surface area contributed by atoms with Crippen molar-refractivity contribution >= 4 is 0 Å². The van der Waals surface area contributed by atoms with Crippen LogP contribution in [-0.2, 0) is 0 Å². The molecular weight excluding hydrogens is 120 g/mol. The highest BCUT2D eigenvalue weighted by Gasteiger charge is 2.39. The van der Waals surface area contributed by atoms with Crippen LogP contribution in [0.5, 0.6) is 0 Å². The zero-order chi connectivity index (χ0) is 6.55. The van der Waals surface area contributed by atoms with Crippen LogP contribution in [-0.4, -0.2) is 0 Å². The largest absolute Gasteiger partial charge is 0.0851 e. The first-order chi connectivity index (χ1) is 4.93. The van der Waals surface area contributed by atoms with Gasteiger partial charge in [0.1, 0.15) is 0 Å². The van der Waals surface area contributed by atoms with Crippen LogP contribution in [0, 0.1) is 17.8 Å². The smallest absolute Gasteiger partial charge is 0.0131 e. The molecule has 0 aromatic heterocycles. The molecule has 0 radical (unpaired) electrons. The minimum atomic E-state index is 0.943. The zero-order valence-electron chi connectivity index (χ0n) is 6.09. The second-order valence-electron chi connectivity index (χ2n) is 3.87. The molecule has 10 heavy (non-hydrogen) atoms. The van der Waals surface area contributed by atoms with Gasteiger partial charge in [0.15, 0.2) is 0 Å². The van der Waals surface area contributed by atoms with Crippen molar-refractivity contribution in [3.8, 4) is 0 Å². The van der Waals surface area contributed by atoms with Crippen LogP contribution in [0.2, 0.25) is 0 Å². The van der Waals surface area contributed by atoms with E-state index in [0.29, 0.717) is 0 Å². The van der Waals surface area contributed by atoms with Gasteiger partial charge in [-0.05, 0) is 37.0 Å². The maximum absolute atomic E-state index is 2.44. The normalized spacial score (nSPS) is 48.0. The van der Waals surface area contributed by atoms with Crippen LogP contribution in [0.1, 0.15) is 19.3 Å². The van der Waals surface area contributed by atoms with Crippen molar-refractivity contribution < 1.29 is 0 Å². The molecule has 3 aliphatic carbocycles. The van der Waals surface area contributed by atoms with Crippen molar-refractivity contribution in [2.45, 2.75) is 19.3 Å². The molecule has 0 heterocycles. The molecule has 0 amide bonds. The lowest BCUT2D eigenvalue weighted by atomic mass is 9.91. The van der Waals surface area contributed by atoms with Gasteiger partial charge in [-0.3, -0.25) is 0 Å². The lowest BCUT2D eigenvalue weighted by molar-refractivity contribution is 0.531. The zero-order valence-corrected chi connectivity index (χ0v) is 6.09. The Bertz CT molecular complexity index is 222. The van der Waals surface area contributed by atoms with Gasteiger partial charge in [-0.2, -0.15) is 0 Å². The van der Waals surface area contributed by atoms with E-state index in [1.807, 2.05) is 0 Å². The number of rotatable bonds is 1. The summed E-state index contributed by atoms with van der Waals surface area (Å²) in [5, 5.41) is 0. The van der Waals surface area contributed by atoms with Gasteiger partial charge in [-0.1, -0.05) is 23.8 Å². The maximum Gasteiger partial charge on any atom is -0.0131 e. The van der Waals surface area contributed by atoms with Gasteiger partial charge in [-0.25, -0.2) is 0 Å². The van der Waals surface area contributed by atoms with Gasteiger partial charge in [0.25, 0.3) is 0 Å². The first-order valence-electron chi connectivity index (χ1n) is 4.31. The fraction of sp³-hybridized carbons (Fsp3) is 0.600. The third kappa shape index (κ3) is 0.570. The summed E-state index contributed by atoms with van der Waals surface area (Å²) in [6, 6.07) is 0.